The minimum atomic E-state index is 0.650. The molecule has 1 heterocycles. The van der Waals surface area contributed by atoms with Crippen LogP contribution in [0.25, 0.3) is 10.9 Å². The molecule has 3 heteroatoms. The maximum Gasteiger partial charge on any atom is 0.0661 e. The van der Waals surface area contributed by atoms with Gasteiger partial charge in [-0.2, -0.15) is 0 Å². The highest BCUT2D eigenvalue weighted by Gasteiger charge is 2.23. The fourth-order valence-corrected chi connectivity index (χ4v) is 3.78. The smallest absolute Gasteiger partial charge is 0.0661 e. The molecule has 1 aliphatic rings. The molecule has 1 saturated carbocycles. The molecular weight excluding hydrogens is 265 g/mol. The van der Waals surface area contributed by atoms with Crippen LogP contribution in [0, 0.1) is 5.92 Å². The van der Waals surface area contributed by atoms with E-state index >= 15 is 0 Å². The lowest BCUT2D eigenvalue weighted by Crippen LogP contribution is -2.11. The molecule has 1 nitrogen and oxygen atoms in total. The number of aromatic amines is 1. The van der Waals surface area contributed by atoms with Gasteiger partial charge in [-0.15, -0.1) is 0 Å². The van der Waals surface area contributed by atoms with E-state index in [9.17, 15) is 0 Å². The van der Waals surface area contributed by atoms with Gasteiger partial charge in [-0.1, -0.05) is 43.0 Å². The van der Waals surface area contributed by atoms with E-state index < -0.39 is 0 Å². The number of aromatic nitrogens is 1. The summed E-state index contributed by atoms with van der Waals surface area (Å²) in [6.07, 6.45) is 7.36. The Morgan fingerprint density at radius 2 is 2.06 bits per heavy atom. The van der Waals surface area contributed by atoms with Gasteiger partial charge in [0.2, 0.25) is 0 Å². The van der Waals surface area contributed by atoms with Crippen LogP contribution in [0.3, 0.4) is 0 Å². The van der Waals surface area contributed by atoms with Gasteiger partial charge in [-0.3, -0.25) is 0 Å². The first kappa shape index (κ1) is 12.4. The van der Waals surface area contributed by atoms with Crippen molar-refractivity contribution in [2.24, 2.45) is 5.92 Å². The number of hydrogen-bond acceptors (Lipinski definition) is 0. The van der Waals surface area contributed by atoms with Gasteiger partial charge in [0.05, 0.1) is 10.5 Å². The molecular formula is C15H17Cl2N. The second-order valence-electron chi connectivity index (χ2n) is 5.52. The second-order valence-corrected chi connectivity index (χ2v) is 6.37. The summed E-state index contributed by atoms with van der Waals surface area (Å²) in [6, 6.07) is 3.84. The number of rotatable bonds is 1. The molecule has 0 radical (unpaired) electrons. The lowest BCUT2D eigenvalue weighted by molar-refractivity contribution is 0.345. The average molecular weight is 282 g/mol. The molecule has 1 fully saturated rings. The van der Waals surface area contributed by atoms with Crippen LogP contribution < -0.4 is 0 Å². The summed E-state index contributed by atoms with van der Waals surface area (Å²) >= 11 is 12.3. The van der Waals surface area contributed by atoms with Crippen molar-refractivity contribution in [1.29, 1.82) is 0 Å². The molecule has 2 aromatic rings. The first-order valence-corrected chi connectivity index (χ1v) is 7.36. The molecule has 2 unspecified atom stereocenters. The maximum absolute atomic E-state index is 6.23. The Hall–Kier alpha value is -0.660. The molecule has 18 heavy (non-hydrogen) atoms. The summed E-state index contributed by atoms with van der Waals surface area (Å²) in [5.74, 6) is 1.47. The molecule has 1 aromatic heterocycles. The van der Waals surface area contributed by atoms with Gasteiger partial charge >= 0.3 is 0 Å². The first-order valence-electron chi connectivity index (χ1n) is 6.61. The Morgan fingerprint density at radius 3 is 2.83 bits per heavy atom. The fraction of sp³-hybridized carbons (Fsp3) is 0.467. The van der Waals surface area contributed by atoms with Crippen molar-refractivity contribution in [2.75, 3.05) is 0 Å². The number of halogens is 2. The zero-order chi connectivity index (χ0) is 12.7. The standard InChI is InChI=1S/C15H17Cl2N/c1-9-3-2-4-10(5-9)13-8-18-15-12(13)6-11(16)7-14(15)17/h6-10,18H,2-5H2,1H3. The number of benzene rings is 1. The molecule has 0 bridgehead atoms. The predicted octanol–water partition coefficient (Wildman–Crippen LogP) is 5.77. The number of nitrogens with one attached hydrogen (secondary N) is 1. The Balaban J connectivity index is 2.06. The lowest BCUT2D eigenvalue weighted by Gasteiger charge is -2.26. The Labute approximate surface area is 117 Å². The van der Waals surface area contributed by atoms with Crippen LogP contribution in [0.2, 0.25) is 10.0 Å². The monoisotopic (exact) mass is 281 g/mol. The summed E-state index contributed by atoms with van der Waals surface area (Å²) in [5, 5.41) is 2.64. The number of H-pyrrole nitrogens is 1. The summed E-state index contributed by atoms with van der Waals surface area (Å²) in [6.45, 7) is 2.35. The lowest BCUT2D eigenvalue weighted by atomic mass is 9.79. The van der Waals surface area contributed by atoms with Crippen LogP contribution in [0.4, 0.5) is 0 Å². The topological polar surface area (TPSA) is 15.8 Å². The SMILES string of the molecule is CC1CCCC(c2c[nH]c3c(Cl)cc(Cl)cc23)C1. The van der Waals surface area contributed by atoms with Gasteiger partial charge in [-0.05, 0) is 42.4 Å². The Morgan fingerprint density at radius 1 is 1.22 bits per heavy atom. The summed E-state index contributed by atoms with van der Waals surface area (Å²) < 4.78 is 0. The highest BCUT2D eigenvalue weighted by atomic mass is 35.5. The number of fused-ring (bicyclic) bond motifs is 1. The van der Waals surface area contributed by atoms with E-state index in [-0.39, 0.29) is 0 Å². The molecule has 0 aliphatic heterocycles. The quantitative estimate of drug-likeness (QED) is 0.683. The van der Waals surface area contributed by atoms with E-state index in [0.29, 0.717) is 10.9 Å². The molecule has 1 N–H and O–H groups in total. The third kappa shape index (κ3) is 2.15. The van der Waals surface area contributed by atoms with E-state index in [4.69, 9.17) is 23.2 Å². The zero-order valence-electron chi connectivity index (χ0n) is 10.5. The van der Waals surface area contributed by atoms with Crippen LogP contribution in [0.1, 0.15) is 44.1 Å². The van der Waals surface area contributed by atoms with E-state index in [1.165, 1.54) is 36.6 Å². The van der Waals surface area contributed by atoms with Crippen LogP contribution >= 0.6 is 23.2 Å². The summed E-state index contributed by atoms with van der Waals surface area (Å²) in [7, 11) is 0. The van der Waals surface area contributed by atoms with E-state index in [0.717, 1.165) is 16.5 Å². The van der Waals surface area contributed by atoms with Crippen molar-refractivity contribution in [1.82, 2.24) is 4.98 Å². The molecule has 2 atom stereocenters. The van der Waals surface area contributed by atoms with Gasteiger partial charge in [0.25, 0.3) is 0 Å². The molecule has 0 amide bonds. The predicted molar refractivity (Wildman–Crippen MR) is 78.7 cm³/mol. The average Bonchev–Trinajstić information content (AvgIpc) is 2.72. The van der Waals surface area contributed by atoms with Crippen LogP contribution in [0.5, 0.6) is 0 Å². The van der Waals surface area contributed by atoms with Gasteiger partial charge in [-0.25, -0.2) is 0 Å². The molecule has 3 rings (SSSR count). The Bertz CT molecular complexity index is 573. The summed E-state index contributed by atoms with van der Waals surface area (Å²) in [5.41, 5.74) is 2.41. The molecule has 0 saturated heterocycles. The molecule has 0 spiro atoms. The van der Waals surface area contributed by atoms with Gasteiger partial charge in [0, 0.05) is 16.6 Å². The van der Waals surface area contributed by atoms with Crippen LogP contribution in [-0.2, 0) is 0 Å². The van der Waals surface area contributed by atoms with Gasteiger partial charge < -0.3 is 4.98 Å². The molecule has 1 aliphatic carbocycles. The minimum absolute atomic E-state index is 0.650. The van der Waals surface area contributed by atoms with Crippen molar-refractivity contribution in [3.63, 3.8) is 0 Å². The van der Waals surface area contributed by atoms with Crippen molar-refractivity contribution in [3.05, 3.63) is 33.9 Å². The van der Waals surface area contributed by atoms with E-state index in [1.807, 2.05) is 6.07 Å². The van der Waals surface area contributed by atoms with Gasteiger partial charge in [0.1, 0.15) is 0 Å². The van der Waals surface area contributed by atoms with E-state index in [2.05, 4.69) is 18.1 Å². The van der Waals surface area contributed by atoms with Crippen molar-refractivity contribution >= 4 is 34.1 Å². The van der Waals surface area contributed by atoms with Gasteiger partial charge in [0.15, 0.2) is 0 Å². The van der Waals surface area contributed by atoms with Crippen LogP contribution in [-0.4, -0.2) is 4.98 Å². The van der Waals surface area contributed by atoms with E-state index in [1.54, 1.807) is 6.07 Å². The second kappa shape index (κ2) is 4.79. The Kier molecular flexibility index (Phi) is 3.29. The number of hydrogen-bond donors (Lipinski definition) is 1. The summed E-state index contributed by atoms with van der Waals surface area (Å²) in [4.78, 5) is 3.31. The highest BCUT2D eigenvalue weighted by Crippen LogP contribution is 2.40. The zero-order valence-corrected chi connectivity index (χ0v) is 12.0. The largest absolute Gasteiger partial charge is 0.360 e. The van der Waals surface area contributed by atoms with Crippen molar-refractivity contribution in [2.45, 2.75) is 38.5 Å². The van der Waals surface area contributed by atoms with Crippen LogP contribution in [0.15, 0.2) is 18.3 Å². The normalized spacial score (nSPS) is 24.6. The highest BCUT2D eigenvalue weighted by molar-refractivity contribution is 6.38. The third-order valence-corrected chi connectivity index (χ3v) is 4.63. The van der Waals surface area contributed by atoms with Crippen molar-refractivity contribution in [3.8, 4) is 0 Å². The molecule has 96 valence electrons. The fourth-order valence-electron chi connectivity index (χ4n) is 3.23. The van der Waals surface area contributed by atoms with Crippen molar-refractivity contribution < 1.29 is 0 Å². The maximum atomic E-state index is 6.23. The first-order chi connectivity index (χ1) is 8.65. The minimum Gasteiger partial charge on any atom is -0.360 e. The third-order valence-electron chi connectivity index (χ3n) is 4.11. The molecule has 1 aromatic carbocycles.